The first-order chi connectivity index (χ1) is 4.22. The van der Waals surface area contributed by atoms with E-state index in [0.29, 0.717) is 12.5 Å². The van der Waals surface area contributed by atoms with Gasteiger partial charge in [-0.15, -0.1) is 0 Å². The van der Waals surface area contributed by atoms with Gasteiger partial charge < -0.3 is 9.94 Å². The average Bonchev–Trinajstić information content (AvgIpc) is 1.82. The normalized spacial score (nSPS) is 14.3. The Balaban J connectivity index is 3.41. The third-order valence-electron chi connectivity index (χ3n) is 1.32. The average molecular weight is 133 g/mol. The minimum Gasteiger partial charge on any atom is -0.383 e. The molecule has 9 heavy (non-hydrogen) atoms. The molecule has 0 aliphatic heterocycles. The molecular formula is C6H15NO2. The number of ether oxygens (including phenoxy) is 1. The maximum absolute atomic E-state index is 8.50. The SMILES string of the molecule is COCC(NO)C(C)C. The molecule has 1 unspecified atom stereocenters. The van der Waals surface area contributed by atoms with Crippen LogP contribution in [0.5, 0.6) is 0 Å². The topological polar surface area (TPSA) is 41.5 Å². The van der Waals surface area contributed by atoms with E-state index in [4.69, 9.17) is 9.94 Å². The van der Waals surface area contributed by atoms with Gasteiger partial charge in [-0.05, 0) is 5.92 Å². The van der Waals surface area contributed by atoms with E-state index in [1.165, 1.54) is 0 Å². The Bertz CT molecular complexity index is 66.1. The molecule has 0 aliphatic carbocycles. The lowest BCUT2D eigenvalue weighted by Gasteiger charge is -2.16. The maximum atomic E-state index is 8.50. The van der Waals surface area contributed by atoms with E-state index in [1.807, 2.05) is 13.8 Å². The molecule has 0 rings (SSSR count). The van der Waals surface area contributed by atoms with Crippen molar-refractivity contribution in [3.05, 3.63) is 0 Å². The summed E-state index contributed by atoms with van der Waals surface area (Å²) in [6.07, 6.45) is 0. The molecule has 0 aromatic rings. The lowest BCUT2D eigenvalue weighted by atomic mass is 10.1. The maximum Gasteiger partial charge on any atom is 0.0641 e. The Morgan fingerprint density at radius 2 is 2.11 bits per heavy atom. The summed E-state index contributed by atoms with van der Waals surface area (Å²) in [5.41, 5.74) is 2.18. The molecule has 0 aliphatic rings. The fourth-order valence-corrected chi connectivity index (χ4v) is 0.558. The minimum absolute atomic E-state index is 0.0509. The van der Waals surface area contributed by atoms with Crippen LogP contribution in [0.15, 0.2) is 0 Å². The first kappa shape index (κ1) is 8.88. The van der Waals surface area contributed by atoms with E-state index in [0.717, 1.165) is 0 Å². The zero-order valence-corrected chi connectivity index (χ0v) is 6.22. The van der Waals surface area contributed by atoms with Gasteiger partial charge in [0.05, 0.1) is 12.6 Å². The number of hydrogen-bond acceptors (Lipinski definition) is 3. The monoisotopic (exact) mass is 133 g/mol. The largest absolute Gasteiger partial charge is 0.383 e. The molecule has 0 saturated heterocycles. The van der Waals surface area contributed by atoms with Crippen molar-refractivity contribution in [3.63, 3.8) is 0 Å². The van der Waals surface area contributed by atoms with E-state index in [2.05, 4.69) is 5.48 Å². The van der Waals surface area contributed by atoms with Crippen LogP contribution in [0, 0.1) is 5.92 Å². The van der Waals surface area contributed by atoms with Crippen LogP contribution in [-0.2, 0) is 4.74 Å². The lowest BCUT2D eigenvalue weighted by molar-refractivity contribution is 0.0515. The van der Waals surface area contributed by atoms with Gasteiger partial charge in [-0.1, -0.05) is 13.8 Å². The van der Waals surface area contributed by atoms with Crippen molar-refractivity contribution in [2.24, 2.45) is 5.92 Å². The summed E-state index contributed by atoms with van der Waals surface area (Å²) in [6, 6.07) is 0.0509. The third-order valence-corrected chi connectivity index (χ3v) is 1.32. The lowest BCUT2D eigenvalue weighted by Crippen LogP contribution is -2.35. The number of nitrogens with one attached hydrogen (secondary N) is 1. The molecule has 0 heterocycles. The smallest absolute Gasteiger partial charge is 0.0641 e. The van der Waals surface area contributed by atoms with Crippen LogP contribution in [0.25, 0.3) is 0 Å². The highest BCUT2D eigenvalue weighted by atomic mass is 16.5. The Labute approximate surface area is 56.0 Å². The molecule has 0 spiro atoms. The van der Waals surface area contributed by atoms with Crippen LogP contribution >= 0.6 is 0 Å². The molecule has 0 radical (unpaired) electrons. The van der Waals surface area contributed by atoms with Gasteiger partial charge in [-0.25, -0.2) is 0 Å². The molecule has 3 heteroatoms. The molecule has 0 amide bonds. The highest BCUT2D eigenvalue weighted by Crippen LogP contribution is 1.99. The van der Waals surface area contributed by atoms with Crippen LogP contribution < -0.4 is 5.48 Å². The predicted octanol–water partition coefficient (Wildman–Crippen LogP) is 0.636. The summed E-state index contributed by atoms with van der Waals surface area (Å²) >= 11 is 0. The van der Waals surface area contributed by atoms with Crippen molar-refractivity contribution in [1.29, 1.82) is 0 Å². The summed E-state index contributed by atoms with van der Waals surface area (Å²) < 4.78 is 4.83. The van der Waals surface area contributed by atoms with Gasteiger partial charge in [-0.2, -0.15) is 5.48 Å². The van der Waals surface area contributed by atoms with Crippen LogP contribution in [0.4, 0.5) is 0 Å². The van der Waals surface area contributed by atoms with Crippen LogP contribution in [0.3, 0.4) is 0 Å². The second-order valence-corrected chi connectivity index (χ2v) is 2.43. The van der Waals surface area contributed by atoms with E-state index in [1.54, 1.807) is 7.11 Å². The Morgan fingerprint density at radius 1 is 1.56 bits per heavy atom. The molecule has 2 N–H and O–H groups in total. The highest BCUT2D eigenvalue weighted by Gasteiger charge is 2.09. The van der Waals surface area contributed by atoms with E-state index < -0.39 is 0 Å². The first-order valence-electron chi connectivity index (χ1n) is 3.11. The molecule has 0 aromatic heterocycles. The summed E-state index contributed by atoms with van der Waals surface area (Å²) in [7, 11) is 1.62. The van der Waals surface area contributed by atoms with Gasteiger partial charge >= 0.3 is 0 Å². The van der Waals surface area contributed by atoms with Crippen molar-refractivity contribution >= 4 is 0 Å². The van der Waals surface area contributed by atoms with Gasteiger partial charge in [0.25, 0.3) is 0 Å². The predicted molar refractivity (Wildman–Crippen MR) is 35.4 cm³/mol. The van der Waals surface area contributed by atoms with Crippen molar-refractivity contribution in [1.82, 2.24) is 5.48 Å². The number of hydrogen-bond donors (Lipinski definition) is 2. The molecular weight excluding hydrogens is 118 g/mol. The number of methoxy groups -OCH3 is 1. The summed E-state index contributed by atoms with van der Waals surface area (Å²) in [6.45, 7) is 4.59. The molecule has 0 bridgehead atoms. The zero-order valence-electron chi connectivity index (χ0n) is 6.22. The zero-order chi connectivity index (χ0) is 7.28. The first-order valence-corrected chi connectivity index (χ1v) is 3.11. The van der Waals surface area contributed by atoms with Crippen LogP contribution in [-0.4, -0.2) is 25.0 Å². The standard InChI is InChI=1S/C6H15NO2/c1-5(2)6(7-8)4-9-3/h5-8H,4H2,1-3H3. The van der Waals surface area contributed by atoms with Crippen molar-refractivity contribution in [2.75, 3.05) is 13.7 Å². The fraction of sp³-hybridized carbons (Fsp3) is 1.00. The van der Waals surface area contributed by atoms with Gasteiger partial charge in [-0.3, -0.25) is 0 Å². The van der Waals surface area contributed by atoms with Crippen LogP contribution in [0.2, 0.25) is 0 Å². The third kappa shape index (κ3) is 3.46. The molecule has 0 aromatic carbocycles. The van der Waals surface area contributed by atoms with Crippen LogP contribution in [0.1, 0.15) is 13.8 Å². The Kier molecular flexibility index (Phi) is 4.67. The van der Waals surface area contributed by atoms with Crippen molar-refractivity contribution in [3.8, 4) is 0 Å². The molecule has 0 saturated carbocycles. The van der Waals surface area contributed by atoms with Gasteiger partial charge in [0.2, 0.25) is 0 Å². The fourth-order valence-electron chi connectivity index (χ4n) is 0.558. The Morgan fingerprint density at radius 3 is 2.22 bits per heavy atom. The number of rotatable bonds is 4. The minimum atomic E-state index is 0.0509. The molecule has 3 nitrogen and oxygen atoms in total. The van der Waals surface area contributed by atoms with Crippen molar-refractivity contribution < 1.29 is 9.94 Å². The summed E-state index contributed by atoms with van der Waals surface area (Å²) in [5, 5.41) is 8.50. The molecule has 1 atom stereocenters. The molecule has 56 valence electrons. The van der Waals surface area contributed by atoms with E-state index in [9.17, 15) is 0 Å². The van der Waals surface area contributed by atoms with Crippen molar-refractivity contribution in [2.45, 2.75) is 19.9 Å². The quantitative estimate of drug-likeness (QED) is 0.553. The van der Waals surface area contributed by atoms with E-state index in [-0.39, 0.29) is 6.04 Å². The summed E-state index contributed by atoms with van der Waals surface area (Å²) in [4.78, 5) is 0. The van der Waals surface area contributed by atoms with Gasteiger partial charge in [0, 0.05) is 7.11 Å². The van der Waals surface area contributed by atoms with Gasteiger partial charge in [0.1, 0.15) is 0 Å². The second-order valence-electron chi connectivity index (χ2n) is 2.43. The highest BCUT2D eigenvalue weighted by molar-refractivity contribution is 4.63. The molecule has 0 fully saturated rings. The second kappa shape index (κ2) is 4.73. The van der Waals surface area contributed by atoms with E-state index >= 15 is 0 Å². The van der Waals surface area contributed by atoms with Gasteiger partial charge in [0.15, 0.2) is 0 Å². The number of hydroxylamine groups is 1. The summed E-state index contributed by atoms with van der Waals surface area (Å²) in [5.74, 6) is 0.398. The Hall–Kier alpha value is -0.120.